The van der Waals surface area contributed by atoms with Gasteiger partial charge in [-0.25, -0.2) is 0 Å². The Balaban J connectivity index is 1.60. The highest BCUT2D eigenvalue weighted by atomic mass is 16.6. The minimum atomic E-state index is 0.477. The molecule has 1 aromatic heterocycles. The van der Waals surface area contributed by atoms with Gasteiger partial charge < -0.3 is 19.3 Å². The molecule has 0 atom stereocenters. The molecule has 5 heteroatoms. The Labute approximate surface area is 123 Å². The van der Waals surface area contributed by atoms with E-state index < -0.39 is 0 Å². The van der Waals surface area contributed by atoms with Gasteiger partial charge in [-0.1, -0.05) is 5.16 Å². The van der Waals surface area contributed by atoms with Crippen LogP contribution in [0.4, 0.5) is 0 Å². The summed E-state index contributed by atoms with van der Waals surface area (Å²) in [7, 11) is 0. The third kappa shape index (κ3) is 2.49. The standard InChI is InChI=1S/C16H18N2O3/c1-2-14-16(20-8-7-19-14)9-12(1)13-10-15(21-18-13)11-3-5-17-6-4-11/h1-2,9-11,17H,3-8H2. The lowest BCUT2D eigenvalue weighted by Crippen LogP contribution is -2.26. The number of rotatable bonds is 2. The number of nitrogens with zero attached hydrogens (tertiary/aromatic N) is 1. The summed E-state index contributed by atoms with van der Waals surface area (Å²) in [4.78, 5) is 0. The zero-order valence-electron chi connectivity index (χ0n) is 11.8. The molecule has 110 valence electrons. The fourth-order valence-electron chi connectivity index (χ4n) is 2.93. The van der Waals surface area contributed by atoms with E-state index in [1.807, 2.05) is 18.2 Å². The van der Waals surface area contributed by atoms with Gasteiger partial charge in [0, 0.05) is 17.5 Å². The second-order valence-corrected chi connectivity index (χ2v) is 5.50. The molecule has 1 N–H and O–H groups in total. The van der Waals surface area contributed by atoms with Gasteiger partial charge in [-0.3, -0.25) is 0 Å². The van der Waals surface area contributed by atoms with E-state index in [0.717, 1.165) is 54.4 Å². The van der Waals surface area contributed by atoms with Gasteiger partial charge in [0.1, 0.15) is 24.7 Å². The largest absolute Gasteiger partial charge is 0.486 e. The van der Waals surface area contributed by atoms with E-state index >= 15 is 0 Å². The number of hydrogen-bond acceptors (Lipinski definition) is 5. The zero-order valence-corrected chi connectivity index (χ0v) is 11.8. The minimum absolute atomic E-state index is 0.477. The molecule has 0 radical (unpaired) electrons. The number of piperidine rings is 1. The molecule has 0 amide bonds. The van der Waals surface area contributed by atoms with Crippen LogP contribution in [-0.2, 0) is 0 Å². The summed E-state index contributed by atoms with van der Waals surface area (Å²) in [6, 6.07) is 7.96. The van der Waals surface area contributed by atoms with Gasteiger partial charge >= 0.3 is 0 Å². The summed E-state index contributed by atoms with van der Waals surface area (Å²) in [6.45, 7) is 3.29. The maximum absolute atomic E-state index is 5.62. The van der Waals surface area contributed by atoms with Crippen LogP contribution in [0.2, 0.25) is 0 Å². The molecule has 21 heavy (non-hydrogen) atoms. The highest BCUT2D eigenvalue weighted by Crippen LogP contribution is 2.35. The highest BCUT2D eigenvalue weighted by Gasteiger charge is 2.21. The van der Waals surface area contributed by atoms with E-state index in [0.29, 0.717) is 19.1 Å². The molecule has 1 saturated heterocycles. The molecule has 2 aliphatic rings. The van der Waals surface area contributed by atoms with E-state index in [1.165, 1.54) is 0 Å². The smallest absolute Gasteiger partial charge is 0.162 e. The first kappa shape index (κ1) is 12.7. The lowest BCUT2D eigenvalue weighted by Gasteiger charge is -2.19. The number of hydrogen-bond donors (Lipinski definition) is 1. The molecular formula is C16H18N2O3. The average molecular weight is 286 g/mol. The predicted octanol–water partition coefficient (Wildman–Crippen LogP) is 2.58. The third-order valence-corrected chi connectivity index (χ3v) is 4.11. The lowest BCUT2D eigenvalue weighted by atomic mass is 9.95. The van der Waals surface area contributed by atoms with Crippen molar-refractivity contribution >= 4 is 0 Å². The van der Waals surface area contributed by atoms with E-state index in [2.05, 4.69) is 16.5 Å². The van der Waals surface area contributed by atoms with E-state index in [1.54, 1.807) is 0 Å². The van der Waals surface area contributed by atoms with Crippen LogP contribution in [0.15, 0.2) is 28.8 Å². The second kappa shape index (κ2) is 5.41. The Bertz CT molecular complexity index is 632. The van der Waals surface area contributed by atoms with Gasteiger partial charge in [-0.15, -0.1) is 0 Å². The van der Waals surface area contributed by atoms with Crippen LogP contribution >= 0.6 is 0 Å². The molecule has 0 saturated carbocycles. The number of ether oxygens (including phenoxy) is 2. The Morgan fingerprint density at radius 2 is 1.81 bits per heavy atom. The van der Waals surface area contributed by atoms with Gasteiger partial charge in [0.15, 0.2) is 11.5 Å². The second-order valence-electron chi connectivity index (χ2n) is 5.50. The topological polar surface area (TPSA) is 56.5 Å². The predicted molar refractivity (Wildman–Crippen MR) is 77.8 cm³/mol. The molecule has 2 aromatic rings. The summed E-state index contributed by atoms with van der Waals surface area (Å²) in [5.41, 5.74) is 1.86. The van der Waals surface area contributed by atoms with Crippen LogP contribution in [0, 0.1) is 0 Å². The maximum atomic E-state index is 5.62. The SMILES string of the molecule is c1cc2c(cc1-c1cc(C3CCNCC3)on1)OCCO2. The number of fused-ring (bicyclic) bond motifs is 1. The first-order chi connectivity index (χ1) is 10.4. The van der Waals surface area contributed by atoms with Crippen molar-refractivity contribution in [3.8, 4) is 22.8 Å². The summed E-state index contributed by atoms with van der Waals surface area (Å²) in [6.07, 6.45) is 2.21. The average Bonchev–Trinajstić information content (AvgIpc) is 3.05. The van der Waals surface area contributed by atoms with Gasteiger partial charge in [-0.05, 0) is 44.1 Å². The first-order valence-electron chi connectivity index (χ1n) is 7.47. The Morgan fingerprint density at radius 3 is 2.67 bits per heavy atom. The van der Waals surface area contributed by atoms with Crippen LogP contribution in [0.3, 0.4) is 0 Å². The Hall–Kier alpha value is -2.01. The van der Waals surface area contributed by atoms with Crippen molar-refractivity contribution in [3.05, 3.63) is 30.0 Å². The quantitative estimate of drug-likeness (QED) is 0.919. The molecule has 1 aromatic carbocycles. The fraction of sp³-hybridized carbons (Fsp3) is 0.438. The number of benzene rings is 1. The molecule has 0 bridgehead atoms. The van der Waals surface area contributed by atoms with Crippen molar-refractivity contribution in [1.29, 1.82) is 0 Å². The lowest BCUT2D eigenvalue weighted by molar-refractivity contribution is 0.171. The van der Waals surface area contributed by atoms with Gasteiger partial charge in [-0.2, -0.15) is 0 Å². The summed E-state index contributed by atoms with van der Waals surface area (Å²) < 4.78 is 16.7. The van der Waals surface area contributed by atoms with Gasteiger partial charge in [0.05, 0.1) is 0 Å². The Kier molecular flexibility index (Phi) is 3.27. The molecule has 3 heterocycles. The maximum Gasteiger partial charge on any atom is 0.162 e. The van der Waals surface area contributed by atoms with Gasteiger partial charge in [0.2, 0.25) is 0 Å². The van der Waals surface area contributed by atoms with Crippen LogP contribution in [0.1, 0.15) is 24.5 Å². The van der Waals surface area contributed by atoms with Crippen molar-refractivity contribution in [2.45, 2.75) is 18.8 Å². The monoisotopic (exact) mass is 286 g/mol. The van der Waals surface area contributed by atoms with Crippen LogP contribution in [0.5, 0.6) is 11.5 Å². The van der Waals surface area contributed by atoms with Crippen molar-refractivity contribution in [2.75, 3.05) is 26.3 Å². The summed E-state index contributed by atoms with van der Waals surface area (Å²) in [5, 5.41) is 7.58. The molecule has 0 spiro atoms. The molecule has 2 aliphatic heterocycles. The van der Waals surface area contributed by atoms with Gasteiger partial charge in [0.25, 0.3) is 0 Å². The molecular weight excluding hydrogens is 268 g/mol. The molecule has 0 unspecified atom stereocenters. The highest BCUT2D eigenvalue weighted by molar-refractivity contribution is 5.64. The Morgan fingerprint density at radius 1 is 1.00 bits per heavy atom. The van der Waals surface area contributed by atoms with Crippen LogP contribution in [-0.4, -0.2) is 31.5 Å². The van der Waals surface area contributed by atoms with Crippen LogP contribution in [0.25, 0.3) is 11.3 Å². The molecule has 4 rings (SSSR count). The number of aromatic nitrogens is 1. The summed E-state index contributed by atoms with van der Waals surface area (Å²) in [5.74, 6) is 3.04. The zero-order chi connectivity index (χ0) is 14.1. The first-order valence-corrected chi connectivity index (χ1v) is 7.47. The molecule has 0 aliphatic carbocycles. The number of nitrogens with one attached hydrogen (secondary N) is 1. The van der Waals surface area contributed by atoms with Crippen molar-refractivity contribution in [1.82, 2.24) is 10.5 Å². The summed E-state index contributed by atoms with van der Waals surface area (Å²) >= 11 is 0. The van der Waals surface area contributed by atoms with E-state index in [-0.39, 0.29) is 0 Å². The van der Waals surface area contributed by atoms with E-state index in [9.17, 15) is 0 Å². The third-order valence-electron chi connectivity index (χ3n) is 4.11. The van der Waals surface area contributed by atoms with Crippen molar-refractivity contribution in [3.63, 3.8) is 0 Å². The normalized spacial score (nSPS) is 18.7. The fourth-order valence-corrected chi connectivity index (χ4v) is 2.93. The van der Waals surface area contributed by atoms with Crippen LogP contribution < -0.4 is 14.8 Å². The van der Waals surface area contributed by atoms with Crippen molar-refractivity contribution < 1.29 is 14.0 Å². The molecule has 1 fully saturated rings. The van der Waals surface area contributed by atoms with Crippen molar-refractivity contribution in [2.24, 2.45) is 0 Å². The molecule has 5 nitrogen and oxygen atoms in total. The minimum Gasteiger partial charge on any atom is -0.486 e. The van der Waals surface area contributed by atoms with E-state index in [4.69, 9.17) is 14.0 Å².